The fourth-order valence-corrected chi connectivity index (χ4v) is 8.56. The molecule has 9 atom stereocenters. The Morgan fingerprint density at radius 2 is 1.76 bits per heavy atom. The zero-order chi connectivity index (χ0) is 30.8. The van der Waals surface area contributed by atoms with E-state index in [0.717, 1.165) is 12.2 Å². The van der Waals surface area contributed by atoms with E-state index in [1.165, 1.54) is 14.0 Å². The van der Waals surface area contributed by atoms with Crippen LogP contribution in [0.4, 0.5) is 13.2 Å². The van der Waals surface area contributed by atoms with Crippen LogP contribution in [0.15, 0.2) is 47.8 Å². The number of rotatable bonds is 6. The summed E-state index contributed by atoms with van der Waals surface area (Å²) >= 11 is 0. The second-order valence-corrected chi connectivity index (χ2v) is 12.8. The van der Waals surface area contributed by atoms with Gasteiger partial charge in [-0.3, -0.25) is 14.4 Å². The van der Waals surface area contributed by atoms with Crippen LogP contribution in [-0.4, -0.2) is 53.5 Å². The Balaban J connectivity index is 1.54. The van der Waals surface area contributed by atoms with E-state index in [-0.39, 0.29) is 25.9 Å². The third-order valence-corrected chi connectivity index (χ3v) is 10.4. The molecule has 4 aliphatic rings. The predicted octanol–water partition coefficient (Wildman–Crippen LogP) is 5.29. The fraction of sp³-hybridized carbons (Fsp3) is 0.594. The van der Waals surface area contributed by atoms with Crippen molar-refractivity contribution in [1.82, 2.24) is 0 Å². The number of alkyl halides is 2. The van der Waals surface area contributed by atoms with Crippen LogP contribution < -0.4 is 4.74 Å². The maximum Gasteiger partial charge on any atom is 0.313 e. The Morgan fingerprint density at radius 1 is 1.10 bits per heavy atom. The Bertz CT molecular complexity index is 1360. The summed E-state index contributed by atoms with van der Waals surface area (Å²) in [4.78, 5) is 38.5. The van der Waals surface area contributed by atoms with Crippen LogP contribution in [0, 0.1) is 28.6 Å². The largest absolute Gasteiger partial charge is 0.497 e. The quantitative estimate of drug-likeness (QED) is 0.450. The van der Waals surface area contributed by atoms with Gasteiger partial charge in [0.05, 0.1) is 13.2 Å². The highest BCUT2D eigenvalue weighted by atomic mass is 19.2. The van der Waals surface area contributed by atoms with Crippen LogP contribution in [0.2, 0.25) is 0 Å². The third kappa shape index (κ3) is 4.23. The van der Waals surface area contributed by atoms with Crippen molar-refractivity contribution in [2.75, 3.05) is 7.11 Å². The summed E-state index contributed by atoms with van der Waals surface area (Å²) in [5.74, 6) is -6.04. The molecule has 0 aliphatic heterocycles. The molecular weight excluding hydrogens is 553 g/mol. The minimum absolute atomic E-state index is 0.00751. The van der Waals surface area contributed by atoms with Crippen LogP contribution in [0.1, 0.15) is 58.9 Å². The van der Waals surface area contributed by atoms with Gasteiger partial charge < -0.3 is 19.3 Å². The molecule has 10 heteroatoms. The zero-order valence-electron chi connectivity index (χ0n) is 24.4. The molecule has 0 amide bonds. The molecule has 228 valence electrons. The molecule has 5 rings (SSSR count). The lowest BCUT2D eigenvalue weighted by molar-refractivity contribution is -0.207. The molecule has 0 saturated heterocycles. The van der Waals surface area contributed by atoms with Gasteiger partial charge in [0.2, 0.25) is 5.78 Å². The molecule has 1 N–H and O–H groups in total. The van der Waals surface area contributed by atoms with E-state index in [0.29, 0.717) is 11.3 Å². The Hall–Kier alpha value is -3.14. The summed E-state index contributed by atoms with van der Waals surface area (Å²) in [6, 6.07) is 6.91. The van der Waals surface area contributed by atoms with Crippen molar-refractivity contribution < 1.29 is 46.9 Å². The second kappa shape index (κ2) is 10.2. The lowest BCUT2D eigenvalue weighted by Gasteiger charge is -2.62. The highest BCUT2D eigenvalue weighted by Gasteiger charge is 2.76. The summed E-state index contributed by atoms with van der Waals surface area (Å²) in [6.07, 6.45) is -2.41. The van der Waals surface area contributed by atoms with Crippen molar-refractivity contribution in [3.63, 3.8) is 0 Å². The van der Waals surface area contributed by atoms with E-state index in [1.807, 2.05) is 0 Å². The molecule has 4 aliphatic carbocycles. The van der Waals surface area contributed by atoms with Crippen LogP contribution in [-0.2, 0) is 30.5 Å². The number of hydrogen-bond donors (Lipinski definition) is 1. The van der Waals surface area contributed by atoms with Gasteiger partial charge in [0.25, 0.3) is 0 Å². The number of fused-ring (bicyclic) bond motifs is 5. The van der Waals surface area contributed by atoms with Gasteiger partial charge in [0, 0.05) is 23.3 Å². The number of ether oxygens (including phenoxy) is 3. The number of carbonyl (C=O) groups is 3. The van der Waals surface area contributed by atoms with Crippen LogP contribution in [0.25, 0.3) is 0 Å². The van der Waals surface area contributed by atoms with Crippen molar-refractivity contribution in [2.45, 2.75) is 83.5 Å². The second-order valence-electron chi connectivity index (χ2n) is 12.8. The topological polar surface area (TPSA) is 99.1 Å². The molecule has 42 heavy (non-hydrogen) atoms. The van der Waals surface area contributed by atoms with Gasteiger partial charge in [-0.25, -0.2) is 13.2 Å². The molecule has 0 radical (unpaired) electrons. The lowest BCUT2D eigenvalue weighted by Crippen LogP contribution is -2.68. The van der Waals surface area contributed by atoms with E-state index in [4.69, 9.17) is 14.2 Å². The van der Waals surface area contributed by atoms with Gasteiger partial charge in [-0.15, -0.1) is 0 Å². The Kier molecular flexibility index (Phi) is 7.40. The average molecular weight is 591 g/mol. The lowest BCUT2D eigenvalue weighted by atomic mass is 9.45. The number of aliphatic hydroxyl groups excluding tert-OH is 1. The van der Waals surface area contributed by atoms with Crippen LogP contribution in [0.3, 0.4) is 0 Å². The van der Waals surface area contributed by atoms with Gasteiger partial charge in [-0.1, -0.05) is 32.1 Å². The normalized spacial score (nSPS) is 40.6. The van der Waals surface area contributed by atoms with Crippen LogP contribution >= 0.6 is 0 Å². The SMILES string of the molecule is CCC(=O)O[C@@]1(C)C[C@H]2[C@@H]3C[C@H](F)C4=C(F)C(=O)C=C[C@]4(C)[C@@]3(F)[C@@H](O)C[C@]2(C)[C@H]1C(=O)OCc1ccc(OC)cc1. The number of aliphatic hydroxyl groups is 1. The number of hydrogen-bond acceptors (Lipinski definition) is 7. The zero-order valence-corrected chi connectivity index (χ0v) is 24.4. The summed E-state index contributed by atoms with van der Waals surface area (Å²) < 4.78 is 65.1. The van der Waals surface area contributed by atoms with E-state index in [9.17, 15) is 19.5 Å². The molecule has 3 fully saturated rings. The maximum atomic E-state index is 17.5. The molecule has 1 aromatic rings. The van der Waals surface area contributed by atoms with Gasteiger partial charge in [0.1, 0.15) is 30.0 Å². The first-order valence-electron chi connectivity index (χ1n) is 14.3. The molecular formula is C32H37F3O7. The molecule has 0 spiro atoms. The maximum absolute atomic E-state index is 17.5. The average Bonchev–Trinajstić information content (AvgIpc) is 3.17. The fourth-order valence-electron chi connectivity index (χ4n) is 8.56. The number of benzene rings is 1. The van der Waals surface area contributed by atoms with E-state index < -0.39 is 87.7 Å². The first-order valence-corrected chi connectivity index (χ1v) is 14.3. The van der Waals surface area contributed by atoms with E-state index in [1.54, 1.807) is 45.0 Å². The summed E-state index contributed by atoms with van der Waals surface area (Å²) in [7, 11) is 1.53. The van der Waals surface area contributed by atoms with Crippen molar-refractivity contribution in [1.29, 1.82) is 0 Å². The van der Waals surface area contributed by atoms with E-state index in [2.05, 4.69) is 0 Å². The molecule has 0 aromatic heterocycles. The molecule has 3 saturated carbocycles. The smallest absolute Gasteiger partial charge is 0.313 e. The monoisotopic (exact) mass is 590 g/mol. The number of allylic oxidation sites excluding steroid dienone is 4. The third-order valence-electron chi connectivity index (χ3n) is 10.4. The molecule has 7 nitrogen and oxygen atoms in total. The number of halogens is 3. The van der Waals surface area contributed by atoms with Gasteiger partial charge in [-0.05, 0) is 68.2 Å². The standard InChI is InChI=1S/C32H37F3O7/c1-6-24(38)42-31(4)14-20-19-13-21(33)25-26(34)22(36)11-12-30(25,3)32(19,35)23(37)15-29(20,2)27(31)28(39)41-16-17-7-9-18(40-5)10-8-17/h7-12,19-21,23,27,37H,6,13-16H2,1-5H3/t19-,20-,21-,23-,27+,29-,30-,31-,32-/m0/s1. The van der Waals surface area contributed by atoms with Crippen molar-refractivity contribution >= 4 is 17.7 Å². The van der Waals surface area contributed by atoms with Gasteiger partial charge >= 0.3 is 11.9 Å². The van der Waals surface area contributed by atoms with Gasteiger partial charge in [0.15, 0.2) is 11.5 Å². The first kappa shape index (κ1) is 30.3. The summed E-state index contributed by atoms with van der Waals surface area (Å²) in [5.41, 5.74) is -7.00. The Labute approximate surface area is 243 Å². The molecule has 1 aromatic carbocycles. The van der Waals surface area contributed by atoms with Crippen LogP contribution in [0.5, 0.6) is 5.75 Å². The Morgan fingerprint density at radius 3 is 2.38 bits per heavy atom. The number of esters is 2. The number of methoxy groups -OCH3 is 1. The highest BCUT2D eigenvalue weighted by molar-refractivity contribution is 6.04. The predicted molar refractivity (Wildman–Crippen MR) is 145 cm³/mol. The molecule has 0 bridgehead atoms. The summed E-state index contributed by atoms with van der Waals surface area (Å²) in [6.45, 7) is 6.14. The van der Waals surface area contributed by atoms with Gasteiger partial charge in [-0.2, -0.15) is 0 Å². The van der Waals surface area contributed by atoms with Crippen molar-refractivity contribution in [3.05, 3.63) is 53.4 Å². The minimum atomic E-state index is -2.55. The van der Waals surface area contributed by atoms with Crippen molar-refractivity contribution in [2.24, 2.45) is 28.6 Å². The first-order chi connectivity index (χ1) is 19.7. The minimum Gasteiger partial charge on any atom is -0.497 e. The summed E-state index contributed by atoms with van der Waals surface area (Å²) in [5, 5.41) is 11.5. The van der Waals surface area contributed by atoms with Crippen molar-refractivity contribution in [3.8, 4) is 5.75 Å². The number of carbonyl (C=O) groups excluding carboxylic acids is 3. The number of ketones is 1. The molecule has 0 unspecified atom stereocenters. The highest BCUT2D eigenvalue weighted by Crippen LogP contribution is 2.71. The van der Waals surface area contributed by atoms with E-state index >= 15 is 13.2 Å². The molecule has 0 heterocycles.